The molecule has 1 heterocycles. The van der Waals surface area contributed by atoms with Crippen molar-refractivity contribution in [3.05, 3.63) is 59.1 Å². The van der Waals surface area contributed by atoms with Crippen LogP contribution in [-0.4, -0.2) is 43.4 Å². The number of anilines is 1. The van der Waals surface area contributed by atoms with Crippen LogP contribution in [0.1, 0.15) is 12.0 Å². The molecule has 1 aliphatic heterocycles. The summed E-state index contributed by atoms with van der Waals surface area (Å²) >= 11 is 8.06. The third-order valence-electron chi connectivity index (χ3n) is 4.45. The van der Waals surface area contributed by atoms with Gasteiger partial charge >= 0.3 is 0 Å². The largest absolute Gasteiger partial charge is 0.369 e. The predicted octanol–water partition coefficient (Wildman–Crippen LogP) is 4.95. The van der Waals surface area contributed by atoms with Crippen molar-refractivity contribution in [3.8, 4) is 0 Å². The van der Waals surface area contributed by atoms with Crippen molar-refractivity contribution in [1.82, 2.24) is 4.90 Å². The second kappa shape index (κ2) is 8.80. The SMILES string of the molecule is Cc1ccc(SCCCN2CCN(c3cccc(Cl)c3)CC2)cc1. The fourth-order valence-corrected chi connectivity index (χ4v) is 4.04. The molecule has 24 heavy (non-hydrogen) atoms. The Morgan fingerprint density at radius 3 is 2.46 bits per heavy atom. The van der Waals surface area contributed by atoms with Crippen LogP contribution < -0.4 is 4.90 Å². The third-order valence-corrected chi connectivity index (χ3v) is 5.79. The minimum atomic E-state index is 0.822. The van der Waals surface area contributed by atoms with Crippen molar-refractivity contribution >= 4 is 29.1 Å². The van der Waals surface area contributed by atoms with Crippen LogP contribution in [0.15, 0.2) is 53.4 Å². The molecule has 0 saturated carbocycles. The highest BCUT2D eigenvalue weighted by Gasteiger charge is 2.16. The van der Waals surface area contributed by atoms with Gasteiger partial charge in [0, 0.05) is 41.8 Å². The molecule has 2 aromatic rings. The molecular weight excluding hydrogens is 336 g/mol. The van der Waals surface area contributed by atoms with Gasteiger partial charge in [0.05, 0.1) is 0 Å². The smallest absolute Gasteiger partial charge is 0.0426 e. The normalized spacial score (nSPS) is 15.7. The van der Waals surface area contributed by atoms with Gasteiger partial charge in [0.25, 0.3) is 0 Å². The van der Waals surface area contributed by atoms with Gasteiger partial charge in [-0.25, -0.2) is 0 Å². The van der Waals surface area contributed by atoms with E-state index in [0.717, 1.165) is 31.2 Å². The van der Waals surface area contributed by atoms with E-state index < -0.39 is 0 Å². The molecule has 2 aromatic carbocycles. The van der Waals surface area contributed by atoms with Gasteiger partial charge in [0.2, 0.25) is 0 Å². The lowest BCUT2D eigenvalue weighted by molar-refractivity contribution is 0.259. The number of rotatable bonds is 6. The van der Waals surface area contributed by atoms with Crippen LogP contribution in [0.3, 0.4) is 0 Å². The van der Waals surface area contributed by atoms with Crippen LogP contribution in [0.2, 0.25) is 5.02 Å². The molecular formula is C20H25ClN2S. The second-order valence-corrected chi connectivity index (χ2v) is 7.93. The molecule has 0 radical (unpaired) electrons. The molecule has 0 atom stereocenters. The number of benzene rings is 2. The van der Waals surface area contributed by atoms with Gasteiger partial charge < -0.3 is 4.90 Å². The van der Waals surface area contributed by atoms with Crippen LogP contribution in [0.4, 0.5) is 5.69 Å². The number of thioether (sulfide) groups is 1. The first kappa shape index (κ1) is 17.7. The summed E-state index contributed by atoms with van der Waals surface area (Å²) in [5, 5.41) is 0.822. The van der Waals surface area contributed by atoms with Crippen LogP contribution in [0, 0.1) is 6.92 Å². The van der Waals surface area contributed by atoms with E-state index in [2.05, 4.69) is 53.1 Å². The Morgan fingerprint density at radius 1 is 1.00 bits per heavy atom. The fourth-order valence-electron chi connectivity index (χ4n) is 3.02. The first-order valence-corrected chi connectivity index (χ1v) is 9.99. The molecule has 0 aliphatic carbocycles. The van der Waals surface area contributed by atoms with Crippen molar-refractivity contribution < 1.29 is 0 Å². The third kappa shape index (κ3) is 5.17. The fraction of sp³-hybridized carbons (Fsp3) is 0.400. The second-order valence-electron chi connectivity index (χ2n) is 6.32. The first-order chi connectivity index (χ1) is 11.7. The molecule has 1 fully saturated rings. The zero-order valence-electron chi connectivity index (χ0n) is 14.2. The Bertz CT molecular complexity index is 636. The predicted molar refractivity (Wildman–Crippen MR) is 107 cm³/mol. The van der Waals surface area contributed by atoms with Crippen molar-refractivity contribution in [2.24, 2.45) is 0 Å². The maximum atomic E-state index is 6.10. The molecule has 1 saturated heterocycles. The molecule has 0 bridgehead atoms. The average molecular weight is 361 g/mol. The highest BCUT2D eigenvalue weighted by Crippen LogP contribution is 2.22. The highest BCUT2D eigenvalue weighted by molar-refractivity contribution is 7.99. The Morgan fingerprint density at radius 2 is 1.75 bits per heavy atom. The molecule has 0 N–H and O–H groups in total. The Kier molecular flexibility index (Phi) is 6.47. The van der Waals surface area contributed by atoms with Crippen molar-refractivity contribution in [3.63, 3.8) is 0 Å². The lowest BCUT2D eigenvalue weighted by atomic mass is 10.2. The molecule has 1 aliphatic rings. The summed E-state index contributed by atoms with van der Waals surface area (Å²) in [5.74, 6) is 1.19. The first-order valence-electron chi connectivity index (χ1n) is 8.63. The summed E-state index contributed by atoms with van der Waals surface area (Å²) in [6.45, 7) is 7.79. The van der Waals surface area contributed by atoms with Gasteiger partial charge in [-0.05, 0) is 56.0 Å². The molecule has 0 unspecified atom stereocenters. The van der Waals surface area contributed by atoms with Gasteiger partial charge in [-0.15, -0.1) is 11.8 Å². The Hall–Kier alpha value is -1.16. The van der Waals surface area contributed by atoms with E-state index in [1.54, 1.807) is 0 Å². The van der Waals surface area contributed by atoms with E-state index in [0.29, 0.717) is 0 Å². The van der Waals surface area contributed by atoms with Gasteiger partial charge in [0.15, 0.2) is 0 Å². The lowest BCUT2D eigenvalue weighted by Gasteiger charge is -2.36. The van der Waals surface area contributed by atoms with Crippen molar-refractivity contribution in [2.75, 3.05) is 43.4 Å². The van der Waals surface area contributed by atoms with Crippen molar-refractivity contribution in [2.45, 2.75) is 18.2 Å². The number of aryl methyl sites for hydroxylation is 1. The molecule has 3 rings (SSSR count). The van der Waals surface area contributed by atoms with Gasteiger partial charge in [-0.1, -0.05) is 35.4 Å². The summed E-state index contributed by atoms with van der Waals surface area (Å²) < 4.78 is 0. The number of halogens is 1. The van der Waals surface area contributed by atoms with Crippen LogP contribution in [-0.2, 0) is 0 Å². The maximum absolute atomic E-state index is 6.10. The van der Waals surface area contributed by atoms with E-state index >= 15 is 0 Å². The average Bonchev–Trinajstić information content (AvgIpc) is 2.61. The van der Waals surface area contributed by atoms with Gasteiger partial charge in [-0.2, -0.15) is 0 Å². The van der Waals surface area contributed by atoms with Gasteiger partial charge in [-0.3, -0.25) is 4.90 Å². The minimum absolute atomic E-state index is 0.822. The zero-order valence-corrected chi connectivity index (χ0v) is 15.8. The summed E-state index contributed by atoms with van der Waals surface area (Å²) in [6.07, 6.45) is 1.25. The van der Waals surface area contributed by atoms with Gasteiger partial charge in [0.1, 0.15) is 0 Å². The van der Waals surface area contributed by atoms with E-state index in [4.69, 9.17) is 11.6 Å². The Balaban J connectivity index is 1.36. The quantitative estimate of drug-likeness (QED) is 0.531. The van der Waals surface area contributed by atoms with E-state index in [1.807, 2.05) is 23.9 Å². The summed E-state index contributed by atoms with van der Waals surface area (Å²) in [7, 11) is 0. The molecule has 0 amide bonds. The minimum Gasteiger partial charge on any atom is -0.369 e. The maximum Gasteiger partial charge on any atom is 0.0426 e. The number of piperazine rings is 1. The Labute approximate surface area is 154 Å². The molecule has 0 spiro atoms. The molecule has 0 aromatic heterocycles. The zero-order chi connectivity index (χ0) is 16.8. The monoisotopic (exact) mass is 360 g/mol. The summed E-state index contributed by atoms with van der Waals surface area (Å²) in [6, 6.07) is 17.0. The van der Waals surface area contributed by atoms with E-state index in [1.165, 1.54) is 34.9 Å². The van der Waals surface area contributed by atoms with E-state index in [-0.39, 0.29) is 0 Å². The lowest BCUT2D eigenvalue weighted by Crippen LogP contribution is -2.46. The standard InChI is InChI=1S/C20H25ClN2S/c1-17-6-8-20(9-7-17)24-15-3-10-22-11-13-23(14-12-22)19-5-2-4-18(21)16-19/h2,4-9,16H,3,10-15H2,1H3. The van der Waals surface area contributed by atoms with Crippen LogP contribution >= 0.6 is 23.4 Å². The molecule has 128 valence electrons. The van der Waals surface area contributed by atoms with Crippen LogP contribution in [0.5, 0.6) is 0 Å². The number of nitrogens with zero attached hydrogens (tertiary/aromatic N) is 2. The highest BCUT2D eigenvalue weighted by atomic mass is 35.5. The topological polar surface area (TPSA) is 6.48 Å². The van der Waals surface area contributed by atoms with Crippen molar-refractivity contribution in [1.29, 1.82) is 0 Å². The summed E-state index contributed by atoms with van der Waals surface area (Å²) in [5.41, 5.74) is 2.58. The number of hydrogen-bond donors (Lipinski definition) is 0. The van der Waals surface area contributed by atoms with Crippen LogP contribution in [0.25, 0.3) is 0 Å². The summed E-state index contributed by atoms with van der Waals surface area (Å²) in [4.78, 5) is 6.39. The number of hydrogen-bond acceptors (Lipinski definition) is 3. The molecule has 4 heteroatoms. The molecule has 2 nitrogen and oxygen atoms in total. The van der Waals surface area contributed by atoms with E-state index in [9.17, 15) is 0 Å².